The normalized spacial score (nSPS) is 19.5. The van der Waals surface area contributed by atoms with Crippen molar-refractivity contribution < 1.29 is 9.53 Å². The summed E-state index contributed by atoms with van der Waals surface area (Å²) < 4.78 is 5.11. The van der Waals surface area contributed by atoms with Crippen molar-refractivity contribution >= 4 is 17.4 Å². The van der Waals surface area contributed by atoms with Gasteiger partial charge >= 0.3 is 0 Å². The van der Waals surface area contributed by atoms with E-state index in [-0.39, 0.29) is 11.3 Å². The number of piperazine rings is 1. The number of carbonyl (C=O) groups excluding carboxylic acids is 1. The van der Waals surface area contributed by atoms with E-state index >= 15 is 0 Å². The minimum absolute atomic E-state index is 0.0933. The van der Waals surface area contributed by atoms with E-state index in [1.54, 1.807) is 25.3 Å². The Labute approximate surface area is 131 Å². The number of halogens is 1. The maximum absolute atomic E-state index is 12.4. The third-order valence-electron chi connectivity index (χ3n) is 4.24. The molecular formula is C16H23ClN2O2. The van der Waals surface area contributed by atoms with E-state index in [1.807, 2.05) is 0 Å². The lowest BCUT2D eigenvalue weighted by Gasteiger charge is -2.45. The molecule has 21 heavy (non-hydrogen) atoms. The van der Waals surface area contributed by atoms with Crippen molar-refractivity contribution in [2.75, 3.05) is 40.3 Å². The van der Waals surface area contributed by atoms with Crippen molar-refractivity contribution in [3.8, 4) is 5.75 Å². The van der Waals surface area contributed by atoms with Gasteiger partial charge in [0.25, 0.3) is 0 Å². The number of Topliss-reactive ketones (excluding diaryl/α,β-unsaturated/α-hetero) is 1. The molecule has 0 aliphatic carbocycles. The number of benzene rings is 1. The first-order valence-electron chi connectivity index (χ1n) is 7.14. The number of carbonyl (C=O) groups is 1. The average molecular weight is 311 g/mol. The van der Waals surface area contributed by atoms with Gasteiger partial charge in [-0.15, -0.1) is 0 Å². The fraction of sp³-hybridized carbons (Fsp3) is 0.562. The molecule has 0 aromatic heterocycles. The van der Waals surface area contributed by atoms with Gasteiger partial charge in [-0.3, -0.25) is 14.6 Å². The second-order valence-electron chi connectivity index (χ2n) is 6.22. The van der Waals surface area contributed by atoms with Gasteiger partial charge in [-0.2, -0.15) is 0 Å². The van der Waals surface area contributed by atoms with Crippen molar-refractivity contribution in [1.82, 2.24) is 9.80 Å². The summed E-state index contributed by atoms with van der Waals surface area (Å²) in [5.41, 5.74) is 0.730. The van der Waals surface area contributed by atoms with Crippen molar-refractivity contribution in [1.29, 1.82) is 0 Å². The van der Waals surface area contributed by atoms with Crippen molar-refractivity contribution in [3.63, 3.8) is 0 Å². The number of methoxy groups -OCH3 is 1. The Balaban J connectivity index is 2.03. The van der Waals surface area contributed by atoms with Gasteiger partial charge in [0.15, 0.2) is 5.78 Å². The molecule has 5 heteroatoms. The summed E-state index contributed by atoms with van der Waals surface area (Å²) in [6.07, 6.45) is 0. The molecule has 1 heterocycles. The van der Waals surface area contributed by atoms with Gasteiger partial charge in [0.2, 0.25) is 0 Å². The Morgan fingerprint density at radius 3 is 2.67 bits per heavy atom. The first kappa shape index (κ1) is 16.3. The molecule has 1 fully saturated rings. The van der Waals surface area contributed by atoms with Crippen LogP contribution in [-0.4, -0.2) is 61.5 Å². The summed E-state index contributed by atoms with van der Waals surface area (Å²) in [6, 6.07) is 5.20. The molecule has 0 bridgehead atoms. The minimum atomic E-state index is 0.0933. The van der Waals surface area contributed by atoms with E-state index < -0.39 is 0 Å². The lowest BCUT2D eigenvalue weighted by molar-refractivity contribution is 0.0390. The monoisotopic (exact) mass is 310 g/mol. The molecule has 0 amide bonds. The topological polar surface area (TPSA) is 32.8 Å². The highest BCUT2D eigenvalue weighted by molar-refractivity contribution is 6.32. The standard InChI is InChI=1S/C16H23ClN2O2/c1-16(2)11-19(8-7-18(16)3)10-14(20)12-5-6-15(21-4)13(17)9-12/h5-6,9H,7-8,10-11H2,1-4H3. The lowest BCUT2D eigenvalue weighted by Crippen LogP contribution is -2.58. The first-order chi connectivity index (χ1) is 9.83. The second-order valence-corrected chi connectivity index (χ2v) is 6.62. The molecule has 1 aromatic carbocycles. The van der Waals surface area contributed by atoms with Crippen LogP contribution in [0.4, 0.5) is 0 Å². The Morgan fingerprint density at radius 1 is 1.38 bits per heavy atom. The van der Waals surface area contributed by atoms with Gasteiger partial charge in [-0.25, -0.2) is 0 Å². The molecule has 0 unspecified atom stereocenters. The van der Waals surface area contributed by atoms with Crippen LogP contribution < -0.4 is 4.74 Å². The summed E-state index contributed by atoms with van der Waals surface area (Å²) >= 11 is 6.08. The third-order valence-corrected chi connectivity index (χ3v) is 4.53. The molecule has 0 spiro atoms. The molecule has 0 atom stereocenters. The number of likely N-dealkylation sites (N-methyl/N-ethyl adjacent to an activating group) is 1. The molecule has 4 nitrogen and oxygen atoms in total. The molecule has 0 radical (unpaired) electrons. The van der Waals surface area contributed by atoms with Gasteiger partial charge in [-0.05, 0) is 39.1 Å². The Hall–Kier alpha value is -1.10. The van der Waals surface area contributed by atoms with Crippen LogP contribution in [0.15, 0.2) is 18.2 Å². The summed E-state index contributed by atoms with van der Waals surface area (Å²) in [6.45, 7) is 7.61. The highest BCUT2D eigenvalue weighted by Crippen LogP contribution is 2.25. The van der Waals surface area contributed by atoms with Crippen molar-refractivity contribution in [3.05, 3.63) is 28.8 Å². The van der Waals surface area contributed by atoms with Crippen LogP contribution in [0.25, 0.3) is 0 Å². The van der Waals surface area contributed by atoms with Crippen LogP contribution in [0, 0.1) is 0 Å². The SMILES string of the molecule is COc1ccc(C(=O)CN2CCN(C)C(C)(C)C2)cc1Cl. The molecular weight excluding hydrogens is 288 g/mol. The zero-order chi connectivity index (χ0) is 15.6. The Kier molecular flexibility index (Phi) is 4.91. The predicted octanol–water partition coefficient (Wildman–Crippen LogP) is 2.56. The van der Waals surface area contributed by atoms with E-state index in [0.29, 0.717) is 22.9 Å². The molecule has 2 rings (SSSR count). The van der Waals surface area contributed by atoms with Crippen LogP contribution in [0.3, 0.4) is 0 Å². The zero-order valence-corrected chi connectivity index (χ0v) is 13.9. The van der Waals surface area contributed by atoms with E-state index in [1.165, 1.54) is 0 Å². The van der Waals surface area contributed by atoms with Crippen LogP contribution in [-0.2, 0) is 0 Å². The van der Waals surface area contributed by atoms with Gasteiger partial charge < -0.3 is 4.74 Å². The predicted molar refractivity (Wildman–Crippen MR) is 85.5 cm³/mol. The molecule has 1 aromatic rings. The van der Waals surface area contributed by atoms with Crippen LogP contribution in [0.1, 0.15) is 24.2 Å². The first-order valence-corrected chi connectivity index (χ1v) is 7.51. The van der Waals surface area contributed by atoms with Crippen LogP contribution >= 0.6 is 11.6 Å². The number of ketones is 1. The second kappa shape index (κ2) is 6.34. The lowest BCUT2D eigenvalue weighted by atomic mass is 9.99. The Morgan fingerprint density at radius 2 is 2.10 bits per heavy atom. The maximum Gasteiger partial charge on any atom is 0.176 e. The van der Waals surface area contributed by atoms with E-state index in [0.717, 1.165) is 19.6 Å². The maximum atomic E-state index is 12.4. The average Bonchev–Trinajstić information content (AvgIpc) is 2.42. The van der Waals surface area contributed by atoms with Gasteiger partial charge in [0.1, 0.15) is 5.75 Å². The van der Waals surface area contributed by atoms with Crippen molar-refractivity contribution in [2.24, 2.45) is 0 Å². The van der Waals surface area contributed by atoms with E-state index in [4.69, 9.17) is 16.3 Å². The fourth-order valence-electron chi connectivity index (χ4n) is 2.61. The molecule has 116 valence electrons. The summed E-state index contributed by atoms with van der Waals surface area (Å²) in [5.74, 6) is 0.689. The number of nitrogens with zero attached hydrogens (tertiary/aromatic N) is 2. The number of hydrogen-bond donors (Lipinski definition) is 0. The minimum Gasteiger partial charge on any atom is -0.495 e. The number of rotatable bonds is 4. The molecule has 0 N–H and O–H groups in total. The molecule has 1 aliphatic rings. The Bertz CT molecular complexity index is 531. The largest absolute Gasteiger partial charge is 0.495 e. The number of hydrogen-bond acceptors (Lipinski definition) is 4. The van der Waals surface area contributed by atoms with Crippen LogP contribution in [0.5, 0.6) is 5.75 Å². The molecule has 1 aliphatic heterocycles. The van der Waals surface area contributed by atoms with E-state index in [2.05, 4.69) is 30.7 Å². The highest BCUT2D eigenvalue weighted by atomic mass is 35.5. The summed E-state index contributed by atoms with van der Waals surface area (Å²) in [4.78, 5) is 16.9. The van der Waals surface area contributed by atoms with Crippen LogP contribution in [0.2, 0.25) is 5.02 Å². The summed E-state index contributed by atoms with van der Waals surface area (Å²) in [5, 5.41) is 0.474. The number of ether oxygens (including phenoxy) is 1. The highest BCUT2D eigenvalue weighted by Gasteiger charge is 2.31. The fourth-order valence-corrected chi connectivity index (χ4v) is 2.87. The van der Waals surface area contributed by atoms with Crippen molar-refractivity contribution in [2.45, 2.75) is 19.4 Å². The van der Waals surface area contributed by atoms with Gasteiger partial charge in [-0.1, -0.05) is 11.6 Å². The quantitative estimate of drug-likeness (QED) is 0.800. The van der Waals surface area contributed by atoms with Gasteiger partial charge in [0.05, 0.1) is 18.7 Å². The van der Waals surface area contributed by atoms with Gasteiger partial charge in [0, 0.05) is 30.7 Å². The zero-order valence-electron chi connectivity index (χ0n) is 13.1. The molecule has 1 saturated heterocycles. The van der Waals surface area contributed by atoms with E-state index in [9.17, 15) is 4.79 Å². The third kappa shape index (κ3) is 3.76. The summed E-state index contributed by atoms with van der Waals surface area (Å²) in [7, 11) is 3.69. The molecule has 0 saturated carbocycles. The smallest absolute Gasteiger partial charge is 0.176 e.